The van der Waals surface area contributed by atoms with Gasteiger partial charge in [-0.15, -0.1) is 0 Å². The number of imidazole rings is 1. The summed E-state index contributed by atoms with van der Waals surface area (Å²) >= 11 is 0. The molecule has 1 heterocycles. The molecular formula is C19H32N2O4. The van der Waals surface area contributed by atoms with Gasteiger partial charge in [-0.3, -0.25) is 9.59 Å². The van der Waals surface area contributed by atoms with Gasteiger partial charge in [-0.2, -0.15) is 0 Å². The fourth-order valence-corrected chi connectivity index (χ4v) is 2.82. The molecule has 0 bridgehead atoms. The second-order valence-corrected chi connectivity index (χ2v) is 6.72. The van der Waals surface area contributed by atoms with Gasteiger partial charge in [-0.1, -0.05) is 45.4 Å². The minimum atomic E-state index is -0.879. The Labute approximate surface area is 150 Å². The van der Waals surface area contributed by atoms with E-state index in [1.54, 1.807) is 12.5 Å². The van der Waals surface area contributed by atoms with E-state index in [0.29, 0.717) is 12.8 Å². The summed E-state index contributed by atoms with van der Waals surface area (Å²) in [6.45, 7) is 2.34. The molecule has 6 heteroatoms. The van der Waals surface area contributed by atoms with Crippen molar-refractivity contribution in [3.63, 3.8) is 0 Å². The minimum absolute atomic E-state index is 0.0180. The van der Waals surface area contributed by atoms with Crippen molar-refractivity contribution in [2.24, 2.45) is 13.0 Å². The van der Waals surface area contributed by atoms with Crippen LogP contribution in [-0.4, -0.2) is 33.2 Å². The third-order valence-electron chi connectivity index (χ3n) is 4.34. The number of esters is 1. The van der Waals surface area contributed by atoms with Gasteiger partial charge in [0, 0.05) is 31.3 Å². The molecule has 25 heavy (non-hydrogen) atoms. The van der Waals surface area contributed by atoms with Gasteiger partial charge < -0.3 is 14.4 Å². The van der Waals surface area contributed by atoms with E-state index in [1.165, 1.54) is 25.7 Å². The molecule has 0 amide bonds. The number of carbonyl (C=O) groups excluding carboxylic acids is 1. The monoisotopic (exact) mass is 352 g/mol. The molecule has 0 fully saturated rings. The average molecular weight is 352 g/mol. The Morgan fingerprint density at radius 2 is 1.88 bits per heavy atom. The summed E-state index contributed by atoms with van der Waals surface area (Å²) in [5.74, 6) is -1.34. The summed E-state index contributed by atoms with van der Waals surface area (Å²) in [6, 6.07) is 0. The average Bonchev–Trinajstić information content (AvgIpc) is 2.96. The lowest BCUT2D eigenvalue weighted by Gasteiger charge is -2.15. The maximum atomic E-state index is 11.9. The van der Waals surface area contributed by atoms with Gasteiger partial charge >= 0.3 is 11.9 Å². The van der Waals surface area contributed by atoms with Gasteiger partial charge in [0.1, 0.15) is 0 Å². The first-order valence-corrected chi connectivity index (χ1v) is 9.35. The molecule has 0 saturated heterocycles. The van der Waals surface area contributed by atoms with Crippen LogP contribution >= 0.6 is 0 Å². The van der Waals surface area contributed by atoms with Crippen molar-refractivity contribution in [2.45, 2.75) is 71.1 Å². The maximum absolute atomic E-state index is 11.9. The molecule has 1 aromatic heterocycles. The van der Waals surface area contributed by atoms with Crippen LogP contribution in [0.3, 0.4) is 0 Å². The van der Waals surface area contributed by atoms with E-state index in [4.69, 9.17) is 9.84 Å². The van der Waals surface area contributed by atoms with Crippen LogP contribution in [0, 0.1) is 5.92 Å². The van der Waals surface area contributed by atoms with Crippen molar-refractivity contribution < 1.29 is 19.4 Å². The highest BCUT2D eigenvalue weighted by molar-refractivity contribution is 5.69. The molecule has 0 aromatic carbocycles. The van der Waals surface area contributed by atoms with E-state index < -0.39 is 5.97 Å². The van der Waals surface area contributed by atoms with E-state index in [0.717, 1.165) is 25.0 Å². The predicted octanol–water partition coefficient (Wildman–Crippen LogP) is 3.74. The molecule has 0 spiro atoms. The molecule has 1 rings (SSSR count). The Bertz CT molecular complexity index is 513. The summed E-state index contributed by atoms with van der Waals surface area (Å²) in [5.41, 5.74) is 0.939. The third-order valence-corrected chi connectivity index (χ3v) is 4.34. The van der Waals surface area contributed by atoms with Gasteiger partial charge in [0.2, 0.25) is 0 Å². The fraction of sp³-hybridized carbons (Fsp3) is 0.737. The SMILES string of the molecule is CCCCCCCCCC(=O)OCC(CC(=O)O)Cc1cncn1C. The molecule has 1 N–H and O–H groups in total. The molecule has 0 radical (unpaired) electrons. The summed E-state index contributed by atoms with van der Waals surface area (Å²) in [7, 11) is 1.87. The Balaban J connectivity index is 2.24. The standard InChI is InChI=1S/C19H32N2O4/c1-3-4-5-6-7-8-9-10-19(24)25-14-16(12-18(22)23)11-17-13-20-15-21(17)2/h13,15-16H,3-12,14H2,1-2H3,(H,22,23). The molecule has 142 valence electrons. The lowest BCUT2D eigenvalue weighted by Crippen LogP contribution is -2.20. The van der Waals surface area contributed by atoms with Crippen LogP contribution in [0.15, 0.2) is 12.5 Å². The molecule has 0 aliphatic carbocycles. The Kier molecular flexibility index (Phi) is 10.6. The second-order valence-electron chi connectivity index (χ2n) is 6.72. The number of rotatable bonds is 14. The number of carboxylic acid groups (broad SMARTS) is 1. The van der Waals surface area contributed by atoms with Crippen molar-refractivity contribution in [3.05, 3.63) is 18.2 Å². The normalized spacial score (nSPS) is 12.1. The minimum Gasteiger partial charge on any atom is -0.481 e. The van der Waals surface area contributed by atoms with E-state index in [1.807, 2.05) is 11.6 Å². The van der Waals surface area contributed by atoms with E-state index >= 15 is 0 Å². The number of aryl methyl sites for hydroxylation is 1. The van der Waals surface area contributed by atoms with Gasteiger partial charge in [-0.05, 0) is 12.8 Å². The Hall–Kier alpha value is -1.85. The maximum Gasteiger partial charge on any atom is 0.305 e. The number of aliphatic carboxylic acids is 1. The molecular weight excluding hydrogens is 320 g/mol. The lowest BCUT2D eigenvalue weighted by atomic mass is 10.0. The number of hydrogen-bond acceptors (Lipinski definition) is 4. The number of nitrogens with zero attached hydrogens (tertiary/aromatic N) is 2. The number of carbonyl (C=O) groups is 2. The molecule has 6 nitrogen and oxygen atoms in total. The number of carboxylic acids is 1. The van der Waals surface area contributed by atoms with Crippen LogP contribution in [0.2, 0.25) is 0 Å². The number of unbranched alkanes of at least 4 members (excludes halogenated alkanes) is 6. The fourth-order valence-electron chi connectivity index (χ4n) is 2.82. The van der Waals surface area contributed by atoms with Crippen LogP contribution in [0.4, 0.5) is 0 Å². The zero-order valence-electron chi connectivity index (χ0n) is 15.6. The molecule has 1 atom stereocenters. The van der Waals surface area contributed by atoms with Crippen molar-refractivity contribution in [1.82, 2.24) is 9.55 Å². The first kappa shape index (κ1) is 21.2. The zero-order valence-corrected chi connectivity index (χ0v) is 15.6. The summed E-state index contributed by atoms with van der Waals surface area (Å²) < 4.78 is 7.16. The first-order valence-electron chi connectivity index (χ1n) is 9.35. The van der Waals surface area contributed by atoms with Crippen molar-refractivity contribution in [2.75, 3.05) is 6.61 Å². The van der Waals surface area contributed by atoms with E-state index in [-0.39, 0.29) is 24.9 Å². The number of ether oxygens (including phenoxy) is 1. The molecule has 0 aliphatic heterocycles. The second kappa shape index (κ2) is 12.5. The van der Waals surface area contributed by atoms with E-state index in [2.05, 4.69) is 11.9 Å². The summed E-state index contributed by atoms with van der Waals surface area (Å²) in [6.07, 6.45) is 12.4. The van der Waals surface area contributed by atoms with Crippen LogP contribution in [-0.2, 0) is 27.8 Å². The van der Waals surface area contributed by atoms with Gasteiger partial charge in [0.15, 0.2) is 0 Å². The van der Waals surface area contributed by atoms with Crippen LogP contribution in [0.25, 0.3) is 0 Å². The largest absolute Gasteiger partial charge is 0.481 e. The first-order chi connectivity index (χ1) is 12.0. The van der Waals surface area contributed by atoms with Crippen molar-refractivity contribution in [1.29, 1.82) is 0 Å². The van der Waals surface area contributed by atoms with Crippen molar-refractivity contribution in [3.8, 4) is 0 Å². The predicted molar refractivity (Wildman–Crippen MR) is 96.2 cm³/mol. The summed E-state index contributed by atoms with van der Waals surface area (Å²) in [4.78, 5) is 26.9. The highest BCUT2D eigenvalue weighted by Gasteiger charge is 2.18. The van der Waals surface area contributed by atoms with E-state index in [9.17, 15) is 9.59 Å². The van der Waals surface area contributed by atoms with Crippen LogP contribution in [0.5, 0.6) is 0 Å². The van der Waals surface area contributed by atoms with Crippen LogP contribution in [0.1, 0.15) is 70.4 Å². The van der Waals surface area contributed by atoms with Gasteiger partial charge in [0.05, 0.1) is 19.4 Å². The smallest absolute Gasteiger partial charge is 0.305 e. The quantitative estimate of drug-likeness (QED) is 0.407. The third kappa shape index (κ3) is 9.89. The lowest BCUT2D eigenvalue weighted by molar-refractivity contribution is -0.147. The highest BCUT2D eigenvalue weighted by Crippen LogP contribution is 2.14. The Morgan fingerprint density at radius 1 is 1.20 bits per heavy atom. The molecule has 0 saturated carbocycles. The van der Waals surface area contributed by atoms with Crippen molar-refractivity contribution >= 4 is 11.9 Å². The summed E-state index contributed by atoms with van der Waals surface area (Å²) in [5, 5.41) is 9.05. The van der Waals surface area contributed by atoms with Gasteiger partial charge in [0.25, 0.3) is 0 Å². The van der Waals surface area contributed by atoms with Crippen LogP contribution < -0.4 is 0 Å². The molecule has 0 aliphatic rings. The highest BCUT2D eigenvalue weighted by atomic mass is 16.5. The topological polar surface area (TPSA) is 81.4 Å². The zero-order chi connectivity index (χ0) is 18.5. The molecule has 1 aromatic rings. The number of aromatic nitrogens is 2. The molecule has 1 unspecified atom stereocenters. The van der Waals surface area contributed by atoms with Gasteiger partial charge in [-0.25, -0.2) is 4.98 Å². The Morgan fingerprint density at radius 3 is 2.48 bits per heavy atom. The number of hydrogen-bond donors (Lipinski definition) is 1.